The minimum atomic E-state index is -0.359. The van der Waals surface area contributed by atoms with Crippen LogP contribution < -0.4 is 10.6 Å². The fourth-order valence-corrected chi connectivity index (χ4v) is 3.85. The molecule has 0 amide bonds. The first-order valence-electron chi connectivity index (χ1n) is 13.7. The SMILES string of the molecule is C=C(/C=C\C(=C)C(C)=O)Nc1nc(Nc2ccc(C(=O)OCCCC)cc2)nc(-c2cccn2Cc2ccccc2)n1. The molecule has 2 aromatic heterocycles. The molecule has 2 heterocycles. The molecule has 42 heavy (non-hydrogen) atoms. The van der Waals surface area contributed by atoms with E-state index in [9.17, 15) is 9.59 Å². The minimum Gasteiger partial charge on any atom is -0.462 e. The molecule has 4 aromatic rings. The van der Waals surface area contributed by atoms with Gasteiger partial charge in [0, 0.05) is 29.7 Å². The summed E-state index contributed by atoms with van der Waals surface area (Å²) >= 11 is 0. The van der Waals surface area contributed by atoms with Crippen LogP contribution in [-0.4, -0.2) is 37.9 Å². The average molecular weight is 563 g/mol. The Morgan fingerprint density at radius 3 is 2.38 bits per heavy atom. The number of aromatic nitrogens is 4. The van der Waals surface area contributed by atoms with E-state index < -0.39 is 0 Å². The second kappa shape index (κ2) is 14.4. The van der Waals surface area contributed by atoms with Crippen molar-refractivity contribution in [2.24, 2.45) is 0 Å². The van der Waals surface area contributed by atoms with Gasteiger partial charge in [-0.2, -0.15) is 15.0 Å². The van der Waals surface area contributed by atoms with Gasteiger partial charge in [0.25, 0.3) is 0 Å². The summed E-state index contributed by atoms with van der Waals surface area (Å²) in [7, 11) is 0. The molecule has 9 heteroatoms. The van der Waals surface area contributed by atoms with Crippen LogP contribution in [0.4, 0.5) is 17.6 Å². The molecule has 2 aromatic carbocycles. The van der Waals surface area contributed by atoms with Crippen molar-refractivity contribution in [3.8, 4) is 11.5 Å². The Hall–Kier alpha value is -5.31. The van der Waals surface area contributed by atoms with E-state index in [2.05, 4.69) is 50.5 Å². The number of ether oxygens (including phenoxy) is 1. The molecule has 0 saturated heterocycles. The number of carbonyl (C=O) groups excluding carboxylic acids is 2. The number of unbranched alkanes of at least 4 members (excludes halogenated alkanes) is 1. The Kier molecular flexibility index (Phi) is 10.1. The van der Waals surface area contributed by atoms with Crippen LogP contribution in [-0.2, 0) is 16.1 Å². The molecule has 214 valence electrons. The highest BCUT2D eigenvalue weighted by Gasteiger charge is 2.14. The number of anilines is 3. The van der Waals surface area contributed by atoms with Gasteiger partial charge in [0.1, 0.15) is 0 Å². The lowest BCUT2D eigenvalue weighted by molar-refractivity contribution is -0.113. The Morgan fingerprint density at radius 1 is 0.929 bits per heavy atom. The quantitative estimate of drug-likeness (QED) is 0.0754. The lowest BCUT2D eigenvalue weighted by atomic mass is 10.2. The summed E-state index contributed by atoms with van der Waals surface area (Å²) in [5, 5.41) is 6.28. The zero-order valence-electron chi connectivity index (χ0n) is 23.8. The number of nitrogens with one attached hydrogen (secondary N) is 2. The molecule has 0 bridgehead atoms. The number of rotatable bonds is 14. The standard InChI is InChI=1S/C33H34N6O3/c1-5-6-21-42-31(41)27-16-18-28(19-17-27)35-33-37-30(29-13-10-20-39(29)22-26-11-8-7-9-12-26)36-32(38-33)34-24(3)15-14-23(2)25(4)40/h7-20H,2-3,5-6,21-22H2,1,4H3,(H2,34,35,36,37,38)/b15-14-. The summed E-state index contributed by atoms with van der Waals surface area (Å²) < 4.78 is 7.36. The van der Waals surface area contributed by atoms with E-state index in [-0.39, 0.29) is 23.6 Å². The second-order valence-corrected chi connectivity index (χ2v) is 9.57. The fourth-order valence-electron chi connectivity index (χ4n) is 3.85. The van der Waals surface area contributed by atoms with Crippen molar-refractivity contribution in [1.82, 2.24) is 19.5 Å². The molecule has 0 aliphatic rings. The highest BCUT2D eigenvalue weighted by Crippen LogP contribution is 2.23. The smallest absolute Gasteiger partial charge is 0.338 e. The van der Waals surface area contributed by atoms with Crippen molar-refractivity contribution in [2.45, 2.75) is 33.2 Å². The van der Waals surface area contributed by atoms with Gasteiger partial charge in [0.15, 0.2) is 11.6 Å². The predicted molar refractivity (Wildman–Crippen MR) is 165 cm³/mol. The third-order valence-electron chi connectivity index (χ3n) is 6.21. The summed E-state index contributed by atoms with van der Waals surface area (Å²) in [6.07, 6.45) is 6.97. The average Bonchev–Trinajstić information content (AvgIpc) is 3.45. The van der Waals surface area contributed by atoms with E-state index in [0.717, 1.165) is 24.1 Å². The number of ketones is 1. The van der Waals surface area contributed by atoms with Crippen molar-refractivity contribution in [3.63, 3.8) is 0 Å². The zero-order valence-corrected chi connectivity index (χ0v) is 23.8. The van der Waals surface area contributed by atoms with Gasteiger partial charge in [-0.15, -0.1) is 0 Å². The van der Waals surface area contributed by atoms with Gasteiger partial charge < -0.3 is 19.9 Å². The van der Waals surface area contributed by atoms with Gasteiger partial charge in [0.2, 0.25) is 11.9 Å². The van der Waals surface area contributed by atoms with Crippen LogP contribution in [0.2, 0.25) is 0 Å². The maximum Gasteiger partial charge on any atom is 0.338 e. The monoisotopic (exact) mass is 562 g/mol. The molecule has 0 radical (unpaired) electrons. The minimum absolute atomic E-state index is 0.132. The lowest BCUT2D eigenvalue weighted by Gasteiger charge is -2.13. The Labute approximate surface area is 245 Å². The van der Waals surface area contributed by atoms with Crippen LogP contribution >= 0.6 is 0 Å². The molecule has 0 fully saturated rings. The Bertz CT molecular complexity index is 1590. The molecule has 0 aliphatic carbocycles. The Morgan fingerprint density at radius 2 is 1.67 bits per heavy atom. The highest BCUT2D eigenvalue weighted by atomic mass is 16.5. The molecule has 9 nitrogen and oxygen atoms in total. The number of esters is 1. The van der Waals surface area contributed by atoms with Gasteiger partial charge in [-0.1, -0.05) is 56.8 Å². The highest BCUT2D eigenvalue weighted by molar-refractivity contribution is 5.95. The van der Waals surface area contributed by atoms with Gasteiger partial charge in [0.05, 0.1) is 17.9 Å². The van der Waals surface area contributed by atoms with Gasteiger partial charge in [-0.3, -0.25) is 4.79 Å². The van der Waals surface area contributed by atoms with E-state index >= 15 is 0 Å². The largest absolute Gasteiger partial charge is 0.462 e. The number of nitrogens with zero attached hydrogens (tertiary/aromatic N) is 4. The molecule has 2 N–H and O–H groups in total. The lowest BCUT2D eigenvalue weighted by Crippen LogP contribution is -2.09. The third-order valence-corrected chi connectivity index (χ3v) is 6.21. The summed E-state index contributed by atoms with van der Waals surface area (Å²) in [6, 6.07) is 20.9. The van der Waals surface area contributed by atoms with E-state index in [1.54, 1.807) is 36.4 Å². The van der Waals surface area contributed by atoms with E-state index in [1.165, 1.54) is 6.92 Å². The maximum atomic E-state index is 12.3. The van der Waals surface area contributed by atoms with Crippen LogP contribution in [0.15, 0.2) is 110 Å². The van der Waals surface area contributed by atoms with E-state index in [1.807, 2.05) is 43.5 Å². The molecular weight excluding hydrogens is 528 g/mol. The van der Waals surface area contributed by atoms with Crippen molar-refractivity contribution >= 4 is 29.3 Å². The molecule has 0 atom stereocenters. The van der Waals surface area contributed by atoms with E-state index in [4.69, 9.17) is 9.72 Å². The normalized spacial score (nSPS) is 10.8. The topological polar surface area (TPSA) is 111 Å². The summed E-state index contributed by atoms with van der Waals surface area (Å²) in [6.45, 7) is 12.3. The second-order valence-electron chi connectivity index (χ2n) is 9.57. The number of carbonyl (C=O) groups is 2. The maximum absolute atomic E-state index is 12.3. The zero-order chi connectivity index (χ0) is 29.9. The fraction of sp³-hybridized carbons (Fsp3) is 0.182. The van der Waals surface area contributed by atoms with Crippen LogP contribution in [0, 0.1) is 0 Å². The number of allylic oxidation sites excluding steroid dienone is 3. The predicted octanol–water partition coefficient (Wildman–Crippen LogP) is 6.72. The Balaban J connectivity index is 1.61. The van der Waals surface area contributed by atoms with Crippen molar-refractivity contribution in [2.75, 3.05) is 17.2 Å². The number of hydrogen-bond donors (Lipinski definition) is 2. The van der Waals surface area contributed by atoms with Crippen molar-refractivity contribution in [3.05, 3.63) is 121 Å². The molecule has 0 saturated carbocycles. The van der Waals surface area contributed by atoms with Crippen LogP contribution in [0.1, 0.15) is 42.6 Å². The molecule has 0 aliphatic heterocycles. The molecule has 4 rings (SSSR count). The van der Waals surface area contributed by atoms with E-state index in [0.29, 0.717) is 41.5 Å². The summed E-state index contributed by atoms with van der Waals surface area (Å²) in [4.78, 5) is 37.7. The third kappa shape index (κ3) is 8.34. The summed E-state index contributed by atoms with van der Waals surface area (Å²) in [5.74, 6) is 0.499. The molecular formula is C33H34N6O3. The van der Waals surface area contributed by atoms with Gasteiger partial charge in [-0.05, 0) is 67.5 Å². The molecule has 0 spiro atoms. The summed E-state index contributed by atoms with van der Waals surface area (Å²) in [5.41, 5.74) is 3.89. The first-order chi connectivity index (χ1) is 20.3. The first kappa shape index (κ1) is 29.7. The van der Waals surface area contributed by atoms with Crippen LogP contribution in [0.3, 0.4) is 0 Å². The van der Waals surface area contributed by atoms with Crippen LogP contribution in [0.5, 0.6) is 0 Å². The number of Topliss-reactive ketones (excluding diaryl/α,β-unsaturated/α-hetero) is 1. The van der Waals surface area contributed by atoms with Gasteiger partial charge in [-0.25, -0.2) is 4.79 Å². The van der Waals surface area contributed by atoms with Crippen molar-refractivity contribution in [1.29, 1.82) is 0 Å². The van der Waals surface area contributed by atoms with Gasteiger partial charge >= 0.3 is 5.97 Å². The number of hydrogen-bond acceptors (Lipinski definition) is 8. The van der Waals surface area contributed by atoms with Crippen LogP contribution in [0.25, 0.3) is 11.5 Å². The first-order valence-corrected chi connectivity index (χ1v) is 13.7. The number of benzene rings is 2. The molecule has 0 unspecified atom stereocenters. The van der Waals surface area contributed by atoms with Crippen molar-refractivity contribution < 1.29 is 14.3 Å².